The van der Waals surface area contributed by atoms with Gasteiger partial charge in [0.1, 0.15) is 12.0 Å². The smallest absolute Gasteiger partial charge is 0.335 e. The van der Waals surface area contributed by atoms with Gasteiger partial charge in [0.25, 0.3) is 10.0 Å². The molecule has 1 aliphatic carbocycles. The molecular weight excluding hydrogens is 444 g/mol. The summed E-state index contributed by atoms with van der Waals surface area (Å²) in [4.78, 5) is 15.3. The number of anilines is 1. The van der Waals surface area contributed by atoms with E-state index in [1.807, 2.05) is 12.1 Å². The van der Waals surface area contributed by atoms with E-state index >= 15 is 0 Å². The molecule has 1 saturated carbocycles. The number of aromatic nitrogens is 1. The Morgan fingerprint density at radius 3 is 2.45 bits per heavy atom. The van der Waals surface area contributed by atoms with Gasteiger partial charge in [-0.3, -0.25) is 4.72 Å². The van der Waals surface area contributed by atoms with Crippen molar-refractivity contribution >= 4 is 21.7 Å². The molecule has 0 spiro atoms. The van der Waals surface area contributed by atoms with Crippen molar-refractivity contribution in [1.82, 2.24) is 4.98 Å². The zero-order valence-electron chi connectivity index (χ0n) is 18.4. The van der Waals surface area contributed by atoms with Crippen LogP contribution in [0.25, 0.3) is 11.5 Å². The molecule has 9 heteroatoms. The molecule has 2 N–H and O–H groups in total. The van der Waals surface area contributed by atoms with Crippen LogP contribution in [0.1, 0.15) is 54.4 Å². The number of sulfonamides is 1. The highest BCUT2D eigenvalue weighted by Crippen LogP contribution is 2.36. The molecule has 0 saturated heterocycles. The number of ether oxygens (including phenoxy) is 1. The van der Waals surface area contributed by atoms with Crippen LogP contribution in [0.2, 0.25) is 0 Å². The lowest BCUT2D eigenvalue weighted by Gasteiger charge is -2.26. The molecule has 1 fully saturated rings. The normalized spacial score (nSPS) is 18.6. The first-order valence-corrected chi connectivity index (χ1v) is 12.2. The Kier molecular flexibility index (Phi) is 6.42. The molecule has 174 valence electrons. The minimum atomic E-state index is -4.08. The van der Waals surface area contributed by atoms with Gasteiger partial charge in [0.05, 0.1) is 18.4 Å². The summed E-state index contributed by atoms with van der Waals surface area (Å²) in [6.45, 7) is 2.30. The predicted octanol–water partition coefficient (Wildman–Crippen LogP) is 5.14. The summed E-state index contributed by atoms with van der Waals surface area (Å²) < 4.78 is 38.6. The fourth-order valence-corrected chi connectivity index (χ4v) is 5.05. The van der Waals surface area contributed by atoms with Gasteiger partial charge in [-0.15, -0.1) is 0 Å². The number of rotatable bonds is 7. The number of carbonyl (C=O) groups is 1. The number of benzene rings is 2. The lowest BCUT2D eigenvalue weighted by atomic mass is 9.79. The van der Waals surface area contributed by atoms with Crippen LogP contribution in [0, 0.1) is 5.92 Å². The molecule has 0 amide bonds. The van der Waals surface area contributed by atoms with Crippen molar-refractivity contribution in [3.05, 3.63) is 59.9 Å². The maximum absolute atomic E-state index is 12.8. The minimum absolute atomic E-state index is 0.0234. The molecule has 33 heavy (non-hydrogen) atoms. The number of methoxy groups -OCH3 is 1. The summed E-state index contributed by atoms with van der Waals surface area (Å²) in [7, 11) is -2.76. The van der Waals surface area contributed by atoms with Crippen LogP contribution in [-0.4, -0.2) is 31.6 Å². The Morgan fingerprint density at radius 1 is 1.12 bits per heavy atom. The summed E-state index contributed by atoms with van der Waals surface area (Å²) in [5.41, 5.74) is 2.04. The van der Waals surface area contributed by atoms with Crippen molar-refractivity contribution in [2.45, 2.75) is 43.6 Å². The monoisotopic (exact) mass is 470 g/mol. The first-order valence-electron chi connectivity index (χ1n) is 10.8. The van der Waals surface area contributed by atoms with Crippen molar-refractivity contribution in [1.29, 1.82) is 0 Å². The van der Waals surface area contributed by atoms with E-state index in [2.05, 4.69) is 28.8 Å². The van der Waals surface area contributed by atoms with Crippen molar-refractivity contribution < 1.29 is 27.5 Å². The number of hydrogen-bond donors (Lipinski definition) is 2. The second-order valence-electron chi connectivity index (χ2n) is 8.40. The quantitative estimate of drug-likeness (QED) is 0.490. The minimum Gasteiger partial charge on any atom is -0.495 e. The van der Waals surface area contributed by atoms with Crippen LogP contribution in [0.3, 0.4) is 0 Å². The van der Waals surface area contributed by atoms with Gasteiger partial charge < -0.3 is 14.3 Å². The van der Waals surface area contributed by atoms with Crippen molar-refractivity contribution in [2.24, 2.45) is 5.92 Å². The number of nitrogens with one attached hydrogen (secondary N) is 1. The zero-order valence-corrected chi connectivity index (χ0v) is 19.3. The van der Waals surface area contributed by atoms with E-state index in [9.17, 15) is 13.2 Å². The fraction of sp³-hybridized carbons (Fsp3) is 0.333. The molecule has 0 bridgehead atoms. The highest BCUT2D eigenvalue weighted by atomic mass is 32.2. The molecule has 0 unspecified atom stereocenters. The molecule has 2 aromatic carbocycles. The van der Waals surface area contributed by atoms with Crippen molar-refractivity contribution in [3.63, 3.8) is 0 Å². The average molecular weight is 471 g/mol. The van der Waals surface area contributed by atoms with Gasteiger partial charge in [0.15, 0.2) is 0 Å². The third-order valence-corrected chi connectivity index (χ3v) is 7.32. The molecular formula is C24H26N2O6S. The maximum Gasteiger partial charge on any atom is 0.335 e. The van der Waals surface area contributed by atoms with Crippen LogP contribution >= 0.6 is 0 Å². The Morgan fingerprint density at radius 2 is 1.82 bits per heavy atom. The lowest BCUT2D eigenvalue weighted by molar-refractivity contribution is 0.0696. The Hall–Kier alpha value is -3.33. The summed E-state index contributed by atoms with van der Waals surface area (Å²) in [6.07, 6.45) is 5.93. The number of nitrogens with zero attached hydrogens (tertiary/aromatic N) is 1. The molecule has 0 radical (unpaired) electrons. The van der Waals surface area contributed by atoms with Crippen LogP contribution in [0.4, 0.5) is 5.69 Å². The highest BCUT2D eigenvalue weighted by molar-refractivity contribution is 7.92. The van der Waals surface area contributed by atoms with Gasteiger partial charge in [-0.25, -0.2) is 4.79 Å². The molecule has 3 aromatic rings. The third kappa shape index (κ3) is 5.03. The summed E-state index contributed by atoms with van der Waals surface area (Å²) in [6, 6.07) is 11.8. The van der Waals surface area contributed by atoms with Gasteiger partial charge >= 0.3 is 5.97 Å². The van der Waals surface area contributed by atoms with Crippen LogP contribution < -0.4 is 9.46 Å². The van der Waals surface area contributed by atoms with E-state index in [1.165, 1.54) is 56.6 Å². The van der Waals surface area contributed by atoms with E-state index in [0.29, 0.717) is 11.5 Å². The third-order valence-electron chi connectivity index (χ3n) is 6.10. The molecule has 8 nitrogen and oxygen atoms in total. The predicted molar refractivity (Wildman–Crippen MR) is 123 cm³/mol. The number of oxazole rings is 1. The van der Waals surface area contributed by atoms with Crippen LogP contribution in [0.15, 0.2) is 58.2 Å². The largest absolute Gasteiger partial charge is 0.495 e. The molecule has 0 aliphatic heterocycles. The van der Waals surface area contributed by atoms with Gasteiger partial charge in [-0.2, -0.15) is 13.4 Å². The van der Waals surface area contributed by atoms with Crippen molar-refractivity contribution in [2.75, 3.05) is 11.8 Å². The van der Waals surface area contributed by atoms with E-state index in [0.717, 1.165) is 12.2 Å². The van der Waals surface area contributed by atoms with Crippen molar-refractivity contribution in [3.8, 4) is 17.2 Å². The first kappa shape index (κ1) is 22.8. The number of carboxylic acid groups (broad SMARTS) is 1. The summed E-state index contributed by atoms with van der Waals surface area (Å²) in [5.74, 6) is 0.481. The SMILES string of the molecule is COc1cc(C(=O)O)ccc1NS(=O)(=O)c1coc(-c2ccc([C@H]3CC[C@@H](C)CC3)cc2)n1. The second-order valence-corrected chi connectivity index (χ2v) is 10.0. The van der Waals surface area contributed by atoms with Gasteiger partial charge in [-0.1, -0.05) is 31.9 Å². The van der Waals surface area contributed by atoms with E-state index in [4.69, 9.17) is 14.3 Å². The van der Waals surface area contributed by atoms with E-state index in [1.54, 1.807) is 0 Å². The highest BCUT2D eigenvalue weighted by Gasteiger charge is 2.23. The molecule has 1 aliphatic rings. The van der Waals surface area contributed by atoms with E-state index in [-0.39, 0.29) is 27.9 Å². The maximum atomic E-state index is 12.8. The number of carboxylic acids is 1. The molecule has 0 atom stereocenters. The Balaban J connectivity index is 1.51. The molecule has 1 aromatic heterocycles. The second kappa shape index (κ2) is 9.27. The Bertz CT molecular complexity index is 1240. The lowest BCUT2D eigenvalue weighted by Crippen LogP contribution is -2.14. The van der Waals surface area contributed by atoms with Gasteiger partial charge in [-0.05, 0) is 60.6 Å². The molecule has 1 heterocycles. The zero-order chi connectivity index (χ0) is 23.6. The first-order chi connectivity index (χ1) is 15.8. The van der Waals surface area contributed by atoms with E-state index < -0.39 is 16.0 Å². The van der Waals surface area contributed by atoms with Crippen LogP contribution in [-0.2, 0) is 10.0 Å². The average Bonchev–Trinajstić information content (AvgIpc) is 3.31. The summed E-state index contributed by atoms with van der Waals surface area (Å²) >= 11 is 0. The standard InChI is InChI=1S/C24H26N2O6S/c1-15-3-5-16(6-4-15)17-7-9-18(10-8-17)23-25-22(14-32-23)33(29,30)26-20-12-11-19(24(27)28)13-21(20)31-2/h7-16,26H,3-6H2,1-2H3,(H,27,28)/t15-,16+. The van der Waals surface area contributed by atoms with Gasteiger partial charge in [0.2, 0.25) is 10.9 Å². The topological polar surface area (TPSA) is 119 Å². The number of hydrogen-bond acceptors (Lipinski definition) is 6. The summed E-state index contributed by atoms with van der Waals surface area (Å²) in [5, 5.41) is 8.82. The molecule has 4 rings (SSSR count). The Labute approximate surface area is 192 Å². The van der Waals surface area contributed by atoms with Gasteiger partial charge in [0, 0.05) is 5.56 Å². The number of aromatic carboxylic acids is 1. The van der Waals surface area contributed by atoms with Crippen LogP contribution in [0.5, 0.6) is 5.75 Å². The fourth-order valence-electron chi connectivity index (χ4n) is 4.11.